The predicted octanol–water partition coefficient (Wildman–Crippen LogP) is 1.71. The van der Waals surface area contributed by atoms with Crippen LogP contribution in [0.15, 0.2) is 24.3 Å². The summed E-state index contributed by atoms with van der Waals surface area (Å²) in [6.45, 7) is 3.12. The monoisotopic (exact) mass is 337 g/mol. The highest BCUT2D eigenvalue weighted by atomic mass is 32.2. The van der Waals surface area contributed by atoms with Gasteiger partial charge in [-0.05, 0) is 24.5 Å². The summed E-state index contributed by atoms with van der Waals surface area (Å²) in [6.07, 6.45) is 0.873. The topological polar surface area (TPSA) is 73.6 Å². The third-order valence-electron chi connectivity index (χ3n) is 4.18. The first-order chi connectivity index (χ1) is 11.0. The van der Waals surface area contributed by atoms with Crippen molar-refractivity contribution in [3.8, 4) is 6.07 Å². The molecule has 0 amide bonds. The average molecular weight is 337 g/mol. The Kier molecular flexibility index (Phi) is 6.13. The normalized spacial score (nSPS) is 18.6. The van der Waals surface area contributed by atoms with Crippen molar-refractivity contribution < 1.29 is 13.2 Å². The van der Waals surface area contributed by atoms with Crippen molar-refractivity contribution in [3.63, 3.8) is 0 Å². The van der Waals surface area contributed by atoms with E-state index in [1.165, 1.54) is 21.3 Å². The van der Waals surface area contributed by atoms with Gasteiger partial charge in [0.1, 0.15) is 0 Å². The van der Waals surface area contributed by atoms with Crippen LogP contribution in [0, 0.1) is 11.3 Å². The molecule has 1 aromatic carbocycles. The van der Waals surface area contributed by atoms with Crippen LogP contribution in [0.25, 0.3) is 0 Å². The van der Waals surface area contributed by atoms with Crippen molar-refractivity contribution >= 4 is 10.2 Å². The molecule has 0 saturated heterocycles. The number of nitriles is 1. The van der Waals surface area contributed by atoms with Gasteiger partial charge in [0, 0.05) is 39.2 Å². The van der Waals surface area contributed by atoms with Crippen molar-refractivity contribution in [3.05, 3.63) is 35.4 Å². The number of methoxy groups -OCH3 is 1. The van der Waals surface area contributed by atoms with Crippen LogP contribution < -0.4 is 0 Å². The van der Waals surface area contributed by atoms with Crippen molar-refractivity contribution in [2.24, 2.45) is 0 Å². The van der Waals surface area contributed by atoms with Gasteiger partial charge in [-0.25, -0.2) is 0 Å². The quantitative estimate of drug-likeness (QED) is 0.759. The molecule has 0 saturated carbocycles. The van der Waals surface area contributed by atoms with Crippen LogP contribution in [-0.4, -0.2) is 50.4 Å². The van der Waals surface area contributed by atoms with Gasteiger partial charge in [-0.1, -0.05) is 24.3 Å². The molecule has 23 heavy (non-hydrogen) atoms. The Morgan fingerprint density at radius 2 is 2.13 bits per heavy atom. The number of benzene rings is 1. The van der Waals surface area contributed by atoms with Gasteiger partial charge in [0.2, 0.25) is 0 Å². The Morgan fingerprint density at radius 3 is 2.83 bits per heavy atom. The van der Waals surface area contributed by atoms with Crippen molar-refractivity contribution in [1.29, 1.82) is 5.26 Å². The van der Waals surface area contributed by atoms with Gasteiger partial charge < -0.3 is 4.74 Å². The van der Waals surface area contributed by atoms with Gasteiger partial charge >= 0.3 is 0 Å². The minimum atomic E-state index is -3.62. The van der Waals surface area contributed by atoms with Crippen LogP contribution in [0.1, 0.15) is 30.5 Å². The first-order valence-electron chi connectivity index (χ1n) is 7.73. The summed E-state index contributed by atoms with van der Waals surface area (Å²) < 4.78 is 33.9. The molecule has 1 aromatic rings. The molecule has 1 aliphatic heterocycles. The van der Waals surface area contributed by atoms with Gasteiger partial charge in [0.15, 0.2) is 0 Å². The maximum atomic E-state index is 13.0. The van der Waals surface area contributed by atoms with E-state index in [0.717, 1.165) is 5.56 Å². The van der Waals surface area contributed by atoms with E-state index in [4.69, 9.17) is 10.00 Å². The second kappa shape index (κ2) is 7.88. The van der Waals surface area contributed by atoms with Gasteiger partial charge in [-0.2, -0.15) is 22.3 Å². The van der Waals surface area contributed by atoms with E-state index in [2.05, 4.69) is 0 Å². The zero-order chi connectivity index (χ0) is 16.9. The summed E-state index contributed by atoms with van der Waals surface area (Å²) >= 11 is 0. The fourth-order valence-corrected chi connectivity index (χ4v) is 4.68. The number of hydrogen-bond donors (Lipinski definition) is 0. The Morgan fingerprint density at radius 1 is 1.39 bits per heavy atom. The lowest BCUT2D eigenvalue weighted by molar-refractivity contribution is 0.174. The SMILES string of the molecule is COCCN(CCC#N)S(=O)(=O)N1CCc2ccccc2[C@@H]1C. The molecular weight excluding hydrogens is 314 g/mol. The van der Waals surface area contributed by atoms with E-state index >= 15 is 0 Å². The largest absolute Gasteiger partial charge is 0.383 e. The van der Waals surface area contributed by atoms with Crippen LogP contribution in [0.4, 0.5) is 0 Å². The molecule has 0 radical (unpaired) electrons. The second-order valence-corrected chi connectivity index (χ2v) is 7.42. The molecule has 2 rings (SSSR count). The maximum Gasteiger partial charge on any atom is 0.282 e. The standard InChI is InChI=1S/C16H23N3O3S/c1-14-16-7-4-3-6-15(16)8-11-19(14)23(20,21)18(10-5-9-17)12-13-22-2/h3-4,6-7,14H,5,8,10-13H2,1-2H3/t14-/m0/s1. The lowest BCUT2D eigenvalue weighted by Crippen LogP contribution is -2.48. The average Bonchev–Trinajstić information content (AvgIpc) is 2.55. The summed E-state index contributed by atoms with van der Waals surface area (Å²) in [7, 11) is -2.09. The zero-order valence-electron chi connectivity index (χ0n) is 13.6. The van der Waals surface area contributed by atoms with Crippen LogP contribution in [-0.2, 0) is 21.4 Å². The van der Waals surface area contributed by atoms with E-state index in [-0.39, 0.29) is 25.6 Å². The highest BCUT2D eigenvalue weighted by molar-refractivity contribution is 7.86. The fraction of sp³-hybridized carbons (Fsp3) is 0.562. The highest BCUT2D eigenvalue weighted by Gasteiger charge is 2.36. The van der Waals surface area contributed by atoms with E-state index in [1.54, 1.807) is 0 Å². The molecule has 0 spiro atoms. The van der Waals surface area contributed by atoms with E-state index in [9.17, 15) is 8.42 Å². The molecule has 0 unspecified atom stereocenters. The van der Waals surface area contributed by atoms with Crippen LogP contribution in [0.5, 0.6) is 0 Å². The second-order valence-electron chi connectivity index (χ2n) is 5.54. The molecule has 1 aliphatic rings. The number of rotatable bonds is 7. The third kappa shape index (κ3) is 3.90. The first-order valence-corrected chi connectivity index (χ1v) is 9.12. The molecule has 0 fully saturated rings. The number of fused-ring (bicyclic) bond motifs is 1. The molecule has 126 valence electrons. The zero-order valence-corrected chi connectivity index (χ0v) is 14.4. The number of hydrogen-bond acceptors (Lipinski definition) is 4. The first kappa shape index (κ1) is 17.9. The van der Waals surface area contributed by atoms with Gasteiger partial charge in [-0.15, -0.1) is 0 Å². The molecule has 0 N–H and O–H groups in total. The minimum absolute atomic E-state index is 0.168. The van der Waals surface area contributed by atoms with Crippen molar-refractivity contribution in [2.75, 3.05) is 33.4 Å². The summed E-state index contributed by atoms with van der Waals surface area (Å²) in [5, 5.41) is 8.78. The molecule has 6 nitrogen and oxygen atoms in total. The molecule has 0 aromatic heterocycles. The summed E-state index contributed by atoms with van der Waals surface area (Å²) in [5.74, 6) is 0. The summed E-state index contributed by atoms with van der Waals surface area (Å²) in [4.78, 5) is 0. The van der Waals surface area contributed by atoms with Crippen LogP contribution >= 0.6 is 0 Å². The predicted molar refractivity (Wildman–Crippen MR) is 87.9 cm³/mol. The molecule has 0 aliphatic carbocycles. The third-order valence-corrected chi connectivity index (χ3v) is 6.29. The maximum absolute atomic E-state index is 13.0. The minimum Gasteiger partial charge on any atom is -0.383 e. The molecule has 0 bridgehead atoms. The van der Waals surface area contributed by atoms with E-state index in [1.807, 2.05) is 37.3 Å². The molecule has 1 heterocycles. The highest BCUT2D eigenvalue weighted by Crippen LogP contribution is 2.32. The molecule has 7 heteroatoms. The van der Waals surface area contributed by atoms with E-state index < -0.39 is 10.2 Å². The Labute approximate surface area is 138 Å². The molecule has 1 atom stereocenters. The van der Waals surface area contributed by atoms with Gasteiger partial charge in [0.25, 0.3) is 10.2 Å². The number of nitrogens with zero attached hydrogens (tertiary/aromatic N) is 3. The summed E-state index contributed by atoms with van der Waals surface area (Å²) in [6, 6.07) is 9.75. The smallest absolute Gasteiger partial charge is 0.282 e. The van der Waals surface area contributed by atoms with Crippen LogP contribution in [0.3, 0.4) is 0 Å². The Hall–Kier alpha value is -1.46. The molecular formula is C16H23N3O3S. The van der Waals surface area contributed by atoms with Crippen LogP contribution in [0.2, 0.25) is 0 Å². The lowest BCUT2D eigenvalue weighted by atomic mass is 9.96. The Balaban J connectivity index is 2.25. The Bertz CT molecular complexity index is 669. The van der Waals surface area contributed by atoms with E-state index in [0.29, 0.717) is 19.6 Å². The van der Waals surface area contributed by atoms with Gasteiger partial charge in [0.05, 0.1) is 12.7 Å². The number of ether oxygens (including phenoxy) is 1. The summed E-state index contributed by atoms with van der Waals surface area (Å²) in [5.41, 5.74) is 2.25. The fourth-order valence-electron chi connectivity index (χ4n) is 2.92. The lowest BCUT2D eigenvalue weighted by Gasteiger charge is -2.37. The van der Waals surface area contributed by atoms with Crippen molar-refractivity contribution in [1.82, 2.24) is 8.61 Å². The van der Waals surface area contributed by atoms with Crippen molar-refractivity contribution in [2.45, 2.75) is 25.8 Å². The van der Waals surface area contributed by atoms with Gasteiger partial charge in [-0.3, -0.25) is 0 Å².